The SMILES string of the molecule is C=CCn1c(=S)[nH]c2cc(C(=O)NC(CN3CCN(C)CC3)c3ccccc3)ccc2c1=O. The molecule has 2 aromatic carbocycles. The Balaban J connectivity index is 1.59. The van der Waals surface area contributed by atoms with E-state index < -0.39 is 0 Å². The molecule has 0 radical (unpaired) electrons. The molecule has 4 rings (SSSR count). The Labute approximate surface area is 198 Å². The fourth-order valence-electron chi connectivity index (χ4n) is 4.14. The van der Waals surface area contributed by atoms with Crippen molar-refractivity contribution < 1.29 is 4.79 Å². The fourth-order valence-corrected chi connectivity index (χ4v) is 4.41. The number of aromatic nitrogens is 2. The second-order valence-corrected chi connectivity index (χ2v) is 8.82. The van der Waals surface area contributed by atoms with Gasteiger partial charge in [0.25, 0.3) is 11.5 Å². The van der Waals surface area contributed by atoms with E-state index in [0.717, 1.165) is 38.3 Å². The predicted molar refractivity (Wildman–Crippen MR) is 134 cm³/mol. The molecule has 2 heterocycles. The van der Waals surface area contributed by atoms with Gasteiger partial charge in [-0.05, 0) is 43.0 Å². The fraction of sp³-hybridized carbons (Fsp3) is 0.320. The number of H-pyrrole nitrogens is 1. The molecule has 0 bridgehead atoms. The number of aromatic amines is 1. The zero-order valence-electron chi connectivity index (χ0n) is 18.8. The minimum Gasteiger partial charge on any atom is -0.344 e. The number of amides is 1. The van der Waals surface area contributed by atoms with Crippen molar-refractivity contribution in [1.29, 1.82) is 0 Å². The predicted octanol–water partition coefficient (Wildman–Crippen LogP) is 2.96. The van der Waals surface area contributed by atoms with E-state index in [9.17, 15) is 9.59 Å². The van der Waals surface area contributed by atoms with Crippen LogP contribution in [0.25, 0.3) is 10.9 Å². The molecule has 8 heteroatoms. The Morgan fingerprint density at radius 3 is 2.61 bits per heavy atom. The van der Waals surface area contributed by atoms with Crippen LogP contribution in [0, 0.1) is 4.77 Å². The molecule has 0 aliphatic carbocycles. The second kappa shape index (κ2) is 10.2. The first-order valence-corrected chi connectivity index (χ1v) is 11.5. The highest BCUT2D eigenvalue weighted by Crippen LogP contribution is 2.18. The number of fused-ring (bicyclic) bond motifs is 1. The van der Waals surface area contributed by atoms with E-state index in [0.29, 0.717) is 27.8 Å². The number of rotatable bonds is 7. The Kier molecular flexibility index (Phi) is 7.17. The number of carbonyl (C=O) groups is 1. The van der Waals surface area contributed by atoms with Crippen molar-refractivity contribution in [2.24, 2.45) is 0 Å². The van der Waals surface area contributed by atoms with Gasteiger partial charge in [0, 0.05) is 44.8 Å². The summed E-state index contributed by atoms with van der Waals surface area (Å²) in [5.41, 5.74) is 1.90. The van der Waals surface area contributed by atoms with Crippen LogP contribution in [-0.2, 0) is 6.54 Å². The summed E-state index contributed by atoms with van der Waals surface area (Å²) in [6, 6.07) is 15.0. The van der Waals surface area contributed by atoms with Gasteiger partial charge in [0.05, 0.1) is 16.9 Å². The third-order valence-electron chi connectivity index (χ3n) is 6.10. The van der Waals surface area contributed by atoms with Crippen LogP contribution in [0.1, 0.15) is 22.0 Å². The number of nitrogens with one attached hydrogen (secondary N) is 2. The summed E-state index contributed by atoms with van der Waals surface area (Å²) >= 11 is 5.32. The molecule has 7 nitrogen and oxygen atoms in total. The summed E-state index contributed by atoms with van der Waals surface area (Å²) in [5.74, 6) is -0.186. The molecular weight excluding hydrogens is 434 g/mol. The van der Waals surface area contributed by atoms with E-state index in [1.54, 1.807) is 24.3 Å². The van der Waals surface area contributed by atoms with E-state index in [2.05, 4.69) is 33.7 Å². The number of allylic oxidation sites excluding steroid dienone is 1. The minimum absolute atomic E-state index is 0.142. The van der Waals surface area contributed by atoms with Gasteiger partial charge in [-0.3, -0.25) is 19.1 Å². The van der Waals surface area contributed by atoms with Gasteiger partial charge in [0.1, 0.15) is 0 Å². The first-order chi connectivity index (χ1) is 16.0. The molecule has 2 N–H and O–H groups in total. The third-order valence-corrected chi connectivity index (χ3v) is 6.42. The zero-order valence-corrected chi connectivity index (χ0v) is 19.6. The molecule has 1 fully saturated rings. The van der Waals surface area contributed by atoms with Crippen molar-refractivity contribution in [3.05, 3.63) is 87.4 Å². The number of benzene rings is 2. The molecule has 33 heavy (non-hydrogen) atoms. The van der Waals surface area contributed by atoms with Crippen LogP contribution in [0.3, 0.4) is 0 Å². The van der Waals surface area contributed by atoms with Crippen LogP contribution < -0.4 is 10.9 Å². The minimum atomic E-state index is -0.196. The lowest BCUT2D eigenvalue weighted by molar-refractivity contribution is 0.0907. The maximum Gasteiger partial charge on any atom is 0.262 e. The van der Waals surface area contributed by atoms with Crippen LogP contribution in [0.4, 0.5) is 0 Å². The smallest absolute Gasteiger partial charge is 0.262 e. The van der Waals surface area contributed by atoms with Crippen molar-refractivity contribution in [2.75, 3.05) is 39.8 Å². The van der Waals surface area contributed by atoms with Crippen LogP contribution in [-0.4, -0.2) is 65.0 Å². The summed E-state index contributed by atoms with van der Waals surface area (Å²) in [6.45, 7) is 8.72. The number of likely N-dealkylation sites (N-methyl/N-ethyl adjacent to an activating group) is 1. The summed E-state index contributed by atoms with van der Waals surface area (Å²) in [6.07, 6.45) is 1.63. The van der Waals surface area contributed by atoms with E-state index >= 15 is 0 Å². The summed E-state index contributed by atoms with van der Waals surface area (Å²) in [5, 5.41) is 3.69. The first kappa shape index (κ1) is 23.1. The summed E-state index contributed by atoms with van der Waals surface area (Å²) in [7, 11) is 2.13. The average molecular weight is 464 g/mol. The molecular formula is C25H29N5O2S. The van der Waals surface area contributed by atoms with Crippen LogP contribution in [0.5, 0.6) is 0 Å². The normalized spacial score (nSPS) is 15.9. The maximum atomic E-state index is 13.2. The second-order valence-electron chi connectivity index (χ2n) is 8.44. The van der Waals surface area contributed by atoms with Crippen LogP contribution in [0.15, 0.2) is 66.0 Å². The largest absolute Gasteiger partial charge is 0.344 e. The highest BCUT2D eigenvalue weighted by Gasteiger charge is 2.22. The van der Waals surface area contributed by atoms with Crippen molar-refractivity contribution in [3.63, 3.8) is 0 Å². The highest BCUT2D eigenvalue weighted by molar-refractivity contribution is 7.71. The Bertz CT molecular complexity index is 1260. The van der Waals surface area contributed by atoms with Gasteiger partial charge in [-0.1, -0.05) is 36.4 Å². The van der Waals surface area contributed by atoms with Gasteiger partial charge in [-0.15, -0.1) is 6.58 Å². The third kappa shape index (κ3) is 5.30. The lowest BCUT2D eigenvalue weighted by Crippen LogP contribution is -2.47. The van der Waals surface area contributed by atoms with Crippen molar-refractivity contribution in [1.82, 2.24) is 24.7 Å². The molecule has 3 aromatic rings. The molecule has 1 aromatic heterocycles. The quantitative estimate of drug-likeness (QED) is 0.416. The number of hydrogen-bond acceptors (Lipinski definition) is 5. The van der Waals surface area contributed by atoms with Crippen molar-refractivity contribution in [3.8, 4) is 0 Å². The van der Waals surface area contributed by atoms with E-state index in [1.807, 2.05) is 30.3 Å². The lowest BCUT2D eigenvalue weighted by Gasteiger charge is -2.35. The van der Waals surface area contributed by atoms with Crippen LogP contribution >= 0.6 is 12.2 Å². The molecule has 0 saturated carbocycles. The van der Waals surface area contributed by atoms with E-state index in [-0.39, 0.29) is 17.5 Å². The zero-order chi connectivity index (χ0) is 23.4. The van der Waals surface area contributed by atoms with Gasteiger partial charge in [0.15, 0.2) is 4.77 Å². The molecule has 1 atom stereocenters. The standard InChI is InChI=1S/C25H29N5O2S/c1-3-11-30-24(32)20-10-9-19(16-21(20)27-25(30)33)23(31)26-22(18-7-5-4-6-8-18)17-29-14-12-28(2)13-15-29/h3-10,16,22H,1,11-15,17H2,2H3,(H,26,31)(H,27,33). The molecule has 1 unspecified atom stereocenters. The van der Waals surface area contributed by atoms with E-state index in [4.69, 9.17) is 12.2 Å². The maximum absolute atomic E-state index is 13.2. The first-order valence-electron chi connectivity index (χ1n) is 11.1. The molecule has 0 spiro atoms. The monoisotopic (exact) mass is 463 g/mol. The Morgan fingerprint density at radius 2 is 1.91 bits per heavy atom. The summed E-state index contributed by atoms with van der Waals surface area (Å²) in [4.78, 5) is 33.7. The number of hydrogen-bond donors (Lipinski definition) is 2. The number of carbonyl (C=O) groups excluding carboxylic acids is 1. The Morgan fingerprint density at radius 1 is 1.18 bits per heavy atom. The molecule has 1 aliphatic heterocycles. The van der Waals surface area contributed by atoms with E-state index in [1.165, 1.54) is 4.57 Å². The van der Waals surface area contributed by atoms with Gasteiger partial charge >= 0.3 is 0 Å². The van der Waals surface area contributed by atoms with Gasteiger partial charge < -0.3 is 15.2 Å². The van der Waals surface area contributed by atoms with Crippen molar-refractivity contribution >= 4 is 29.0 Å². The van der Waals surface area contributed by atoms with Gasteiger partial charge in [-0.25, -0.2) is 0 Å². The van der Waals surface area contributed by atoms with Crippen LogP contribution in [0.2, 0.25) is 0 Å². The number of piperazine rings is 1. The van der Waals surface area contributed by atoms with Crippen molar-refractivity contribution in [2.45, 2.75) is 12.6 Å². The molecule has 1 aliphatic rings. The van der Waals surface area contributed by atoms with Gasteiger partial charge in [-0.2, -0.15) is 0 Å². The Hall–Kier alpha value is -3.07. The lowest BCUT2D eigenvalue weighted by atomic mass is 10.0. The topological polar surface area (TPSA) is 73.4 Å². The molecule has 1 amide bonds. The molecule has 1 saturated heterocycles. The highest BCUT2D eigenvalue weighted by atomic mass is 32.1. The molecule has 172 valence electrons. The van der Waals surface area contributed by atoms with Gasteiger partial charge in [0.2, 0.25) is 0 Å². The summed E-state index contributed by atoms with van der Waals surface area (Å²) < 4.78 is 1.76. The number of nitrogens with zero attached hydrogens (tertiary/aromatic N) is 3. The average Bonchev–Trinajstić information content (AvgIpc) is 2.83.